The summed E-state index contributed by atoms with van der Waals surface area (Å²) >= 11 is 3.21. The van der Waals surface area contributed by atoms with E-state index >= 15 is 0 Å². The van der Waals surface area contributed by atoms with Crippen molar-refractivity contribution in [1.29, 1.82) is 0 Å². The summed E-state index contributed by atoms with van der Waals surface area (Å²) in [4.78, 5) is 15.6. The summed E-state index contributed by atoms with van der Waals surface area (Å²) < 4.78 is 1.04. The van der Waals surface area contributed by atoms with E-state index < -0.39 is 6.10 Å². The number of rotatable bonds is 5. The first-order valence-electron chi connectivity index (χ1n) is 9.11. The summed E-state index contributed by atoms with van der Waals surface area (Å²) in [5, 5.41) is 14.9. The Balaban J connectivity index is 2.01. The fourth-order valence-electron chi connectivity index (χ4n) is 3.71. The van der Waals surface area contributed by atoms with Gasteiger partial charge in [-0.25, -0.2) is 15.0 Å². The topological polar surface area (TPSA) is 70.9 Å². The van der Waals surface area contributed by atoms with Crippen molar-refractivity contribution in [2.45, 2.75) is 57.2 Å². The molecule has 0 radical (unpaired) electrons. The molecule has 0 fully saturated rings. The van der Waals surface area contributed by atoms with E-state index in [1.165, 1.54) is 28.6 Å². The zero-order valence-electron chi connectivity index (χ0n) is 15.6. The van der Waals surface area contributed by atoms with Crippen LogP contribution in [0.2, 0.25) is 0 Å². The highest BCUT2D eigenvalue weighted by Gasteiger charge is 2.25. The molecule has 0 amide bonds. The van der Waals surface area contributed by atoms with Crippen LogP contribution in [0, 0.1) is 0 Å². The molecule has 2 N–H and O–H groups in total. The van der Waals surface area contributed by atoms with E-state index in [2.05, 4.69) is 24.1 Å². The predicted molar refractivity (Wildman–Crippen MR) is 111 cm³/mol. The number of aliphatic hydroxyl groups excluding tert-OH is 1. The summed E-state index contributed by atoms with van der Waals surface area (Å²) in [5.74, 6) is 1.23. The van der Waals surface area contributed by atoms with Crippen LogP contribution >= 0.6 is 23.1 Å². The second-order valence-electron chi connectivity index (χ2n) is 7.21. The molecular formula is C19H24N4OS2. The Labute approximate surface area is 161 Å². The maximum atomic E-state index is 9.66. The van der Waals surface area contributed by atoms with Crippen LogP contribution in [0.1, 0.15) is 49.9 Å². The van der Waals surface area contributed by atoms with Gasteiger partial charge in [0.05, 0.1) is 16.3 Å². The van der Waals surface area contributed by atoms with Gasteiger partial charge in [0, 0.05) is 17.6 Å². The Morgan fingerprint density at radius 3 is 2.62 bits per heavy atom. The molecule has 26 heavy (non-hydrogen) atoms. The van der Waals surface area contributed by atoms with E-state index in [1.54, 1.807) is 30.0 Å². The summed E-state index contributed by atoms with van der Waals surface area (Å²) in [6.45, 7) is 6.69. The Bertz CT molecular complexity index is 981. The molecule has 0 bridgehead atoms. The highest BCUT2D eigenvalue weighted by molar-refractivity contribution is 7.98. The number of aromatic nitrogens is 3. The minimum atomic E-state index is -0.429. The number of hydrogen-bond donors (Lipinski definition) is 2. The Morgan fingerprint density at radius 1 is 1.15 bits per heavy atom. The van der Waals surface area contributed by atoms with E-state index in [1.807, 2.05) is 6.26 Å². The molecule has 1 atom stereocenters. The van der Waals surface area contributed by atoms with Crippen LogP contribution in [0.5, 0.6) is 0 Å². The molecule has 0 saturated heterocycles. The normalized spacial score (nSPS) is 15.2. The summed E-state index contributed by atoms with van der Waals surface area (Å²) in [6, 6.07) is 0. The fourth-order valence-corrected chi connectivity index (χ4v) is 5.19. The van der Waals surface area contributed by atoms with Gasteiger partial charge in [-0.05, 0) is 49.5 Å². The number of fused-ring (bicyclic) bond motifs is 5. The van der Waals surface area contributed by atoms with Gasteiger partial charge in [-0.3, -0.25) is 0 Å². The highest BCUT2D eigenvalue weighted by Crippen LogP contribution is 2.43. The quantitative estimate of drug-likeness (QED) is 0.500. The van der Waals surface area contributed by atoms with Crippen molar-refractivity contribution in [2.75, 3.05) is 18.1 Å². The number of pyridine rings is 1. The standard InChI is InChI=1S/C19H24N4OS2/c1-9(2)14-12-7-5-6-11(12)13-15-16(26-18(13)21-14)17(20-8-10(3)24)23-19(22-15)25-4/h9-10,24H,5-8H2,1-4H3,(H,20,22,23)/t10-/m1/s1. The lowest BCUT2D eigenvalue weighted by atomic mass is 9.99. The maximum Gasteiger partial charge on any atom is 0.189 e. The number of aliphatic hydroxyl groups is 1. The molecule has 0 spiro atoms. The zero-order chi connectivity index (χ0) is 18.4. The number of thiophene rings is 1. The molecular weight excluding hydrogens is 364 g/mol. The molecule has 0 aliphatic heterocycles. The van der Waals surface area contributed by atoms with Gasteiger partial charge in [0.15, 0.2) is 5.16 Å². The van der Waals surface area contributed by atoms with Gasteiger partial charge in [0.25, 0.3) is 0 Å². The summed E-state index contributed by atoms with van der Waals surface area (Å²) in [5.41, 5.74) is 5.14. The molecule has 3 heterocycles. The Hall–Kier alpha value is -1.44. The number of nitrogens with zero attached hydrogens (tertiary/aromatic N) is 3. The molecule has 0 aromatic carbocycles. The minimum absolute atomic E-state index is 0.428. The third-order valence-electron chi connectivity index (χ3n) is 4.84. The van der Waals surface area contributed by atoms with E-state index in [-0.39, 0.29) is 0 Å². The van der Waals surface area contributed by atoms with Crippen molar-refractivity contribution in [3.05, 3.63) is 16.8 Å². The lowest BCUT2D eigenvalue weighted by Gasteiger charge is -2.12. The van der Waals surface area contributed by atoms with Gasteiger partial charge < -0.3 is 10.4 Å². The van der Waals surface area contributed by atoms with Crippen molar-refractivity contribution in [2.24, 2.45) is 0 Å². The van der Waals surface area contributed by atoms with Crippen molar-refractivity contribution in [3.63, 3.8) is 0 Å². The Morgan fingerprint density at radius 2 is 1.92 bits per heavy atom. The lowest BCUT2D eigenvalue weighted by molar-refractivity contribution is 0.208. The summed E-state index contributed by atoms with van der Waals surface area (Å²) in [7, 11) is 0. The molecule has 3 aromatic heterocycles. The second-order valence-corrected chi connectivity index (χ2v) is 8.98. The third kappa shape index (κ3) is 2.96. The third-order valence-corrected chi connectivity index (χ3v) is 6.47. The fraction of sp³-hybridized carbons (Fsp3) is 0.526. The first-order chi connectivity index (χ1) is 12.5. The number of aryl methyl sites for hydroxylation is 1. The van der Waals surface area contributed by atoms with Gasteiger partial charge in [-0.15, -0.1) is 11.3 Å². The maximum absolute atomic E-state index is 9.66. The molecule has 0 unspecified atom stereocenters. The van der Waals surface area contributed by atoms with Crippen LogP contribution in [0.25, 0.3) is 20.4 Å². The average Bonchev–Trinajstić information content (AvgIpc) is 3.22. The molecule has 3 aromatic rings. The van der Waals surface area contributed by atoms with Gasteiger partial charge in [-0.2, -0.15) is 0 Å². The predicted octanol–water partition coefficient (Wildman–Crippen LogP) is 4.37. The van der Waals surface area contributed by atoms with Gasteiger partial charge in [-0.1, -0.05) is 25.6 Å². The van der Waals surface area contributed by atoms with Gasteiger partial charge in [0.1, 0.15) is 10.6 Å². The molecule has 1 aliphatic rings. The van der Waals surface area contributed by atoms with Crippen LogP contribution < -0.4 is 5.32 Å². The highest BCUT2D eigenvalue weighted by atomic mass is 32.2. The molecule has 1 aliphatic carbocycles. The molecule has 138 valence electrons. The van der Waals surface area contributed by atoms with Crippen LogP contribution in [0.15, 0.2) is 5.16 Å². The van der Waals surface area contributed by atoms with Crippen molar-refractivity contribution in [1.82, 2.24) is 15.0 Å². The van der Waals surface area contributed by atoms with E-state index in [9.17, 15) is 5.11 Å². The molecule has 5 nitrogen and oxygen atoms in total. The first-order valence-corrected chi connectivity index (χ1v) is 11.2. The lowest BCUT2D eigenvalue weighted by Crippen LogP contribution is -2.16. The van der Waals surface area contributed by atoms with Crippen LogP contribution in [-0.4, -0.2) is 39.0 Å². The van der Waals surface area contributed by atoms with Crippen LogP contribution in [0.3, 0.4) is 0 Å². The monoisotopic (exact) mass is 388 g/mol. The van der Waals surface area contributed by atoms with Crippen molar-refractivity contribution >= 4 is 49.3 Å². The molecule has 0 saturated carbocycles. The first kappa shape index (κ1) is 17.9. The zero-order valence-corrected chi connectivity index (χ0v) is 17.2. The van der Waals surface area contributed by atoms with E-state index in [4.69, 9.17) is 9.97 Å². The molecule has 4 rings (SSSR count). The molecule has 7 heteroatoms. The SMILES string of the molecule is CSc1nc(NC[C@@H](C)O)c2sc3nc(C(C)C)c4c(c3c2n1)CCC4. The van der Waals surface area contributed by atoms with Crippen molar-refractivity contribution < 1.29 is 5.11 Å². The number of anilines is 1. The van der Waals surface area contributed by atoms with Crippen molar-refractivity contribution in [3.8, 4) is 0 Å². The number of thioether (sulfide) groups is 1. The smallest absolute Gasteiger partial charge is 0.189 e. The number of nitrogens with one attached hydrogen (secondary N) is 1. The Kier molecular flexibility index (Phi) is 4.79. The van der Waals surface area contributed by atoms with Crippen LogP contribution in [-0.2, 0) is 12.8 Å². The minimum Gasteiger partial charge on any atom is -0.392 e. The van der Waals surface area contributed by atoms with Gasteiger partial charge in [0.2, 0.25) is 0 Å². The summed E-state index contributed by atoms with van der Waals surface area (Å²) in [6.07, 6.45) is 4.99. The largest absolute Gasteiger partial charge is 0.392 e. The van der Waals surface area contributed by atoms with E-state index in [0.717, 1.165) is 38.9 Å². The average molecular weight is 389 g/mol. The van der Waals surface area contributed by atoms with Crippen LogP contribution in [0.4, 0.5) is 5.82 Å². The van der Waals surface area contributed by atoms with E-state index in [0.29, 0.717) is 12.5 Å². The number of hydrogen-bond acceptors (Lipinski definition) is 7. The van der Waals surface area contributed by atoms with Gasteiger partial charge >= 0.3 is 0 Å². The second kappa shape index (κ2) is 6.94.